The number of oxazole rings is 1. The molecule has 0 bridgehead atoms. The molecule has 2 rings (SSSR count). The van der Waals surface area contributed by atoms with E-state index in [1.807, 2.05) is 18.2 Å². The fraction of sp³-hybridized carbons (Fsp3) is 0.250. The van der Waals surface area contributed by atoms with Crippen molar-refractivity contribution in [1.82, 2.24) is 4.98 Å². The molecule has 2 aromatic rings. The Balaban J connectivity index is 2.02. The van der Waals surface area contributed by atoms with Crippen LogP contribution in [0.3, 0.4) is 0 Å². The van der Waals surface area contributed by atoms with Crippen molar-refractivity contribution in [3.63, 3.8) is 0 Å². The molecule has 0 unspecified atom stereocenters. The molecule has 0 aliphatic rings. The smallest absolute Gasteiger partial charge is 0.194 e. The zero-order valence-electron chi connectivity index (χ0n) is 9.14. The third-order valence-corrected chi connectivity index (χ3v) is 2.41. The molecule has 1 aromatic heterocycles. The van der Waals surface area contributed by atoms with E-state index in [0.29, 0.717) is 11.4 Å². The average Bonchev–Trinajstić information content (AvgIpc) is 2.79. The molecule has 0 saturated carbocycles. The van der Waals surface area contributed by atoms with E-state index in [2.05, 4.69) is 4.98 Å². The van der Waals surface area contributed by atoms with Gasteiger partial charge < -0.3 is 14.9 Å². The highest BCUT2D eigenvalue weighted by atomic mass is 16.5. The predicted octanol–water partition coefficient (Wildman–Crippen LogP) is 2.05. The van der Waals surface area contributed by atoms with Gasteiger partial charge in [0, 0.05) is 6.42 Å². The molecule has 0 aliphatic heterocycles. The first-order valence-electron chi connectivity index (χ1n) is 5.10. The number of hydrogen-bond donors (Lipinski definition) is 1. The van der Waals surface area contributed by atoms with Gasteiger partial charge in [0.05, 0.1) is 19.0 Å². The number of benzene rings is 1. The average molecular weight is 218 g/mol. The lowest BCUT2D eigenvalue weighted by Crippen LogP contribution is -1.96. The molecule has 0 aliphatic carbocycles. The highest BCUT2D eigenvalue weighted by Crippen LogP contribution is 2.22. The van der Waals surface area contributed by atoms with E-state index in [4.69, 9.17) is 14.9 Å². The summed E-state index contributed by atoms with van der Waals surface area (Å²) in [6.45, 7) is 0. The number of methoxy groups -OCH3 is 1. The number of aryl methyl sites for hydroxylation is 2. The Morgan fingerprint density at radius 1 is 1.38 bits per heavy atom. The number of nitrogens with two attached hydrogens (primary N) is 1. The van der Waals surface area contributed by atoms with Crippen LogP contribution in [0.25, 0.3) is 0 Å². The van der Waals surface area contributed by atoms with Gasteiger partial charge in [-0.1, -0.05) is 6.07 Å². The van der Waals surface area contributed by atoms with E-state index in [9.17, 15) is 0 Å². The maximum Gasteiger partial charge on any atom is 0.194 e. The summed E-state index contributed by atoms with van der Waals surface area (Å²) in [5.74, 6) is 1.45. The quantitative estimate of drug-likeness (QED) is 0.798. The monoisotopic (exact) mass is 218 g/mol. The van der Waals surface area contributed by atoms with Crippen LogP contribution in [0.5, 0.6) is 5.75 Å². The standard InChI is InChI=1S/C12H14N2O2/c1-15-11-4-2-9(8-10(11)13)3-5-12-14-6-7-16-12/h2,4,6-8H,3,5,13H2,1H3. The predicted molar refractivity (Wildman–Crippen MR) is 61.3 cm³/mol. The molecule has 0 radical (unpaired) electrons. The van der Waals surface area contributed by atoms with Crippen LogP contribution in [-0.4, -0.2) is 12.1 Å². The summed E-state index contributed by atoms with van der Waals surface area (Å²) in [4.78, 5) is 4.06. The first-order valence-corrected chi connectivity index (χ1v) is 5.10. The first-order chi connectivity index (χ1) is 7.79. The van der Waals surface area contributed by atoms with E-state index in [-0.39, 0.29) is 0 Å². The summed E-state index contributed by atoms with van der Waals surface area (Å²) in [7, 11) is 1.61. The topological polar surface area (TPSA) is 61.3 Å². The minimum Gasteiger partial charge on any atom is -0.495 e. The van der Waals surface area contributed by atoms with Crippen LogP contribution >= 0.6 is 0 Å². The summed E-state index contributed by atoms with van der Waals surface area (Å²) >= 11 is 0. The second kappa shape index (κ2) is 4.70. The second-order valence-corrected chi connectivity index (χ2v) is 3.50. The molecule has 4 heteroatoms. The van der Waals surface area contributed by atoms with Crippen molar-refractivity contribution in [2.75, 3.05) is 12.8 Å². The third kappa shape index (κ3) is 2.34. The van der Waals surface area contributed by atoms with Crippen molar-refractivity contribution < 1.29 is 9.15 Å². The number of rotatable bonds is 4. The van der Waals surface area contributed by atoms with Crippen LogP contribution in [0.4, 0.5) is 5.69 Å². The van der Waals surface area contributed by atoms with Gasteiger partial charge in [-0.15, -0.1) is 0 Å². The summed E-state index contributed by atoms with van der Waals surface area (Å²) in [5, 5.41) is 0. The summed E-state index contributed by atoms with van der Waals surface area (Å²) in [6, 6.07) is 5.79. The van der Waals surface area contributed by atoms with Crippen molar-refractivity contribution in [3.05, 3.63) is 42.1 Å². The SMILES string of the molecule is COc1ccc(CCc2ncco2)cc1N. The Labute approximate surface area is 94.1 Å². The maximum absolute atomic E-state index is 5.82. The van der Waals surface area contributed by atoms with Crippen molar-refractivity contribution >= 4 is 5.69 Å². The van der Waals surface area contributed by atoms with Gasteiger partial charge in [-0.2, -0.15) is 0 Å². The first kappa shape index (κ1) is 10.5. The lowest BCUT2D eigenvalue weighted by molar-refractivity contribution is 0.417. The van der Waals surface area contributed by atoms with Crippen LogP contribution in [0.2, 0.25) is 0 Å². The Morgan fingerprint density at radius 3 is 2.88 bits per heavy atom. The number of nitrogen functional groups attached to an aromatic ring is 1. The zero-order valence-corrected chi connectivity index (χ0v) is 9.14. The largest absolute Gasteiger partial charge is 0.495 e. The molecule has 84 valence electrons. The number of ether oxygens (including phenoxy) is 1. The van der Waals surface area contributed by atoms with Crippen molar-refractivity contribution in [3.8, 4) is 5.75 Å². The number of nitrogens with zero attached hydrogens (tertiary/aromatic N) is 1. The molecule has 0 spiro atoms. The maximum atomic E-state index is 5.82. The van der Waals surface area contributed by atoms with Crippen molar-refractivity contribution in [1.29, 1.82) is 0 Å². The Kier molecular flexibility index (Phi) is 3.10. The van der Waals surface area contributed by atoms with Crippen LogP contribution in [0.1, 0.15) is 11.5 Å². The molecule has 0 fully saturated rings. The molecule has 4 nitrogen and oxygen atoms in total. The molecule has 1 aromatic carbocycles. The third-order valence-electron chi connectivity index (χ3n) is 2.41. The van der Waals surface area contributed by atoms with Crippen LogP contribution in [0, 0.1) is 0 Å². The minimum absolute atomic E-state index is 0.660. The number of hydrogen-bond acceptors (Lipinski definition) is 4. The number of anilines is 1. The molecule has 0 saturated heterocycles. The fourth-order valence-electron chi connectivity index (χ4n) is 1.57. The normalized spacial score (nSPS) is 10.3. The molecule has 16 heavy (non-hydrogen) atoms. The molecular formula is C12H14N2O2. The van der Waals surface area contributed by atoms with Gasteiger partial charge in [0.25, 0.3) is 0 Å². The lowest BCUT2D eigenvalue weighted by Gasteiger charge is -2.06. The zero-order chi connectivity index (χ0) is 11.4. The van der Waals surface area contributed by atoms with Gasteiger partial charge in [-0.25, -0.2) is 4.98 Å². The van der Waals surface area contributed by atoms with Crippen LogP contribution in [-0.2, 0) is 12.8 Å². The Morgan fingerprint density at radius 2 is 2.25 bits per heavy atom. The lowest BCUT2D eigenvalue weighted by atomic mass is 10.1. The summed E-state index contributed by atoms with van der Waals surface area (Å²) < 4.78 is 10.3. The molecule has 0 amide bonds. The van der Waals surface area contributed by atoms with Gasteiger partial charge in [-0.3, -0.25) is 0 Å². The fourth-order valence-corrected chi connectivity index (χ4v) is 1.57. The molecule has 0 atom stereocenters. The van der Waals surface area contributed by atoms with Crippen molar-refractivity contribution in [2.24, 2.45) is 0 Å². The Bertz CT molecular complexity index is 452. The number of aromatic nitrogens is 1. The molecular weight excluding hydrogens is 204 g/mol. The van der Waals surface area contributed by atoms with E-state index in [1.165, 1.54) is 0 Å². The molecule has 1 heterocycles. The summed E-state index contributed by atoms with van der Waals surface area (Å²) in [5.41, 5.74) is 7.63. The van der Waals surface area contributed by atoms with Crippen LogP contribution in [0.15, 0.2) is 35.1 Å². The van der Waals surface area contributed by atoms with Gasteiger partial charge in [0.2, 0.25) is 0 Å². The van der Waals surface area contributed by atoms with Crippen molar-refractivity contribution in [2.45, 2.75) is 12.8 Å². The second-order valence-electron chi connectivity index (χ2n) is 3.50. The minimum atomic E-state index is 0.660. The van der Waals surface area contributed by atoms with E-state index < -0.39 is 0 Å². The highest BCUT2D eigenvalue weighted by molar-refractivity contribution is 5.54. The van der Waals surface area contributed by atoms with Gasteiger partial charge >= 0.3 is 0 Å². The highest BCUT2D eigenvalue weighted by Gasteiger charge is 2.03. The van der Waals surface area contributed by atoms with Gasteiger partial charge in [0.15, 0.2) is 5.89 Å². The van der Waals surface area contributed by atoms with E-state index in [0.717, 1.165) is 24.3 Å². The van der Waals surface area contributed by atoms with E-state index in [1.54, 1.807) is 19.6 Å². The molecule has 2 N–H and O–H groups in total. The van der Waals surface area contributed by atoms with Gasteiger partial charge in [-0.05, 0) is 24.1 Å². The van der Waals surface area contributed by atoms with E-state index >= 15 is 0 Å². The van der Waals surface area contributed by atoms with Gasteiger partial charge in [0.1, 0.15) is 12.0 Å². The van der Waals surface area contributed by atoms with Crippen LogP contribution < -0.4 is 10.5 Å². The summed E-state index contributed by atoms with van der Waals surface area (Å²) in [6.07, 6.45) is 4.86. The Hall–Kier alpha value is -1.97.